The number of nitrogens with one attached hydrogen (secondary N) is 1. The van der Waals surface area contributed by atoms with E-state index < -0.39 is 0 Å². The molecule has 1 N–H and O–H groups in total. The van der Waals surface area contributed by atoms with Crippen molar-refractivity contribution in [2.45, 2.75) is 13.3 Å². The molecule has 0 fully saturated rings. The van der Waals surface area contributed by atoms with E-state index >= 15 is 0 Å². The van der Waals surface area contributed by atoms with Crippen LogP contribution in [-0.2, 0) is 6.42 Å². The molecule has 0 unspecified atom stereocenters. The zero-order chi connectivity index (χ0) is 14.8. The number of fused-ring (bicyclic) bond motifs is 1. The molecule has 0 aliphatic heterocycles. The number of hydrogen-bond donors (Lipinski definition) is 1. The molecule has 0 aliphatic carbocycles. The fraction of sp³-hybridized carbons (Fsp3) is 0.111. The Hall–Kier alpha value is -2.86. The van der Waals surface area contributed by atoms with Crippen molar-refractivity contribution in [1.82, 2.24) is 4.98 Å². The van der Waals surface area contributed by atoms with Crippen molar-refractivity contribution in [3.05, 3.63) is 70.9 Å². The van der Waals surface area contributed by atoms with Gasteiger partial charge in [-0.2, -0.15) is 5.26 Å². The average Bonchev–Trinajstić information content (AvgIpc) is 2.98. The van der Waals surface area contributed by atoms with Crippen molar-refractivity contribution in [2.75, 3.05) is 0 Å². The molecule has 1 aromatic heterocycles. The van der Waals surface area contributed by atoms with Gasteiger partial charge < -0.3 is 4.98 Å². The lowest BCUT2D eigenvalue weighted by Gasteiger charge is -2.06. The highest BCUT2D eigenvalue weighted by atomic mass is 16.1. The molecule has 3 heteroatoms. The summed E-state index contributed by atoms with van der Waals surface area (Å²) in [6.07, 6.45) is 2.50. The molecule has 102 valence electrons. The summed E-state index contributed by atoms with van der Waals surface area (Å²) in [5, 5.41) is 9.96. The van der Waals surface area contributed by atoms with Crippen molar-refractivity contribution in [3.8, 4) is 6.07 Å². The van der Waals surface area contributed by atoms with Gasteiger partial charge in [-0.15, -0.1) is 0 Å². The summed E-state index contributed by atoms with van der Waals surface area (Å²) in [5.74, 6) is -0.0404. The normalized spacial score (nSPS) is 10.5. The van der Waals surface area contributed by atoms with Gasteiger partial charge in [0.25, 0.3) is 0 Å². The van der Waals surface area contributed by atoms with Crippen LogP contribution < -0.4 is 0 Å². The molecule has 3 rings (SSSR count). The maximum Gasteiger partial charge on any atom is 0.195 e. The predicted octanol–water partition coefficient (Wildman–Crippen LogP) is 3.83. The number of nitrogens with zero attached hydrogens (tertiary/aromatic N) is 1. The molecule has 21 heavy (non-hydrogen) atoms. The summed E-state index contributed by atoms with van der Waals surface area (Å²) in [7, 11) is 0. The van der Waals surface area contributed by atoms with E-state index in [1.165, 1.54) is 0 Å². The minimum absolute atomic E-state index is 0.0404. The minimum Gasteiger partial charge on any atom is -0.360 e. The van der Waals surface area contributed by atoms with E-state index in [2.05, 4.69) is 11.1 Å². The summed E-state index contributed by atoms with van der Waals surface area (Å²) in [6, 6.07) is 15.2. The zero-order valence-electron chi connectivity index (χ0n) is 11.7. The summed E-state index contributed by atoms with van der Waals surface area (Å²) < 4.78 is 0. The molecule has 1 heterocycles. The molecule has 0 bridgehead atoms. The maximum absolute atomic E-state index is 12.8. The van der Waals surface area contributed by atoms with Gasteiger partial charge in [0.05, 0.1) is 11.6 Å². The predicted molar refractivity (Wildman–Crippen MR) is 82.3 cm³/mol. The van der Waals surface area contributed by atoms with Crippen LogP contribution in [0.3, 0.4) is 0 Å². The number of aromatic nitrogens is 1. The molecular formula is C18H14N2O. The number of H-pyrrole nitrogens is 1. The molecule has 0 aliphatic rings. The number of nitriles is 1. The average molecular weight is 274 g/mol. The molecule has 0 saturated heterocycles. The second-order valence-corrected chi connectivity index (χ2v) is 4.88. The number of carbonyl (C=O) groups excluding carboxylic acids is 1. The van der Waals surface area contributed by atoms with Crippen molar-refractivity contribution in [3.63, 3.8) is 0 Å². The first kappa shape index (κ1) is 13.1. The SMILES string of the molecule is CCc1ccccc1C(=O)c1c[nH]c2cccc(C#N)c12. The summed E-state index contributed by atoms with van der Waals surface area (Å²) >= 11 is 0. The van der Waals surface area contributed by atoms with Gasteiger partial charge in [0, 0.05) is 28.2 Å². The second kappa shape index (κ2) is 5.26. The Labute approximate surface area is 122 Å². The van der Waals surface area contributed by atoms with Gasteiger partial charge in [0.1, 0.15) is 0 Å². The number of benzene rings is 2. The van der Waals surface area contributed by atoms with E-state index in [0.717, 1.165) is 17.5 Å². The molecule has 3 aromatic rings. The molecule has 0 amide bonds. The van der Waals surface area contributed by atoms with E-state index in [0.29, 0.717) is 22.1 Å². The van der Waals surface area contributed by atoms with Crippen LogP contribution in [0.2, 0.25) is 0 Å². The molecule has 2 aromatic carbocycles. The molecule has 0 saturated carbocycles. The van der Waals surface area contributed by atoms with Crippen molar-refractivity contribution in [2.24, 2.45) is 0 Å². The number of ketones is 1. The van der Waals surface area contributed by atoms with Crippen molar-refractivity contribution < 1.29 is 4.79 Å². The maximum atomic E-state index is 12.8. The van der Waals surface area contributed by atoms with E-state index in [9.17, 15) is 10.1 Å². The Morgan fingerprint density at radius 2 is 1.95 bits per heavy atom. The van der Waals surface area contributed by atoms with Gasteiger partial charge in [-0.25, -0.2) is 0 Å². The van der Waals surface area contributed by atoms with Crippen LogP contribution in [0.1, 0.15) is 34.0 Å². The summed E-state index contributed by atoms with van der Waals surface area (Å²) in [6.45, 7) is 2.03. The van der Waals surface area contributed by atoms with Gasteiger partial charge in [-0.1, -0.05) is 37.3 Å². The largest absolute Gasteiger partial charge is 0.360 e. The third-order valence-corrected chi connectivity index (χ3v) is 3.71. The van der Waals surface area contributed by atoms with Crippen LogP contribution >= 0.6 is 0 Å². The lowest BCUT2D eigenvalue weighted by Crippen LogP contribution is -2.04. The van der Waals surface area contributed by atoms with Gasteiger partial charge >= 0.3 is 0 Å². The fourth-order valence-electron chi connectivity index (χ4n) is 2.65. The second-order valence-electron chi connectivity index (χ2n) is 4.88. The quantitative estimate of drug-likeness (QED) is 0.738. The first-order valence-electron chi connectivity index (χ1n) is 6.89. The van der Waals surface area contributed by atoms with E-state index in [1.54, 1.807) is 12.3 Å². The standard InChI is InChI=1S/C18H14N2O/c1-2-12-6-3-4-8-14(12)18(21)15-11-20-16-9-5-7-13(10-19)17(15)16/h3-9,11,20H,2H2,1H3. The molecule has 0 spiro atoms. The van der Waals surface area contributed by atoms with Gasteiger partial charge in [0.15, 0.2) is 5.78 Å². The van der Waals surface area contributed by atoms with Crippen LogP contribution in [-0.4, -0.2) is 10.8 Å². The lowest BCUT2D eigenvalue weighted by atomic mass is 9.95. The Morgan fingerprint density at radius 1 is 1.14 bits per heavy atom. The summed E-state index contributed by atoms with van der Waals surface area (Å²) in [5.41, 5.74) is 3.61. The summed E-state index contributed by atoms with van der Waals surface area (Å²) in [4.78, 5) is 15.9. The Balaban J connectivity index is 2.22. The Morgan fingerprint density at radius 3 is 2.71 bits per heavy atom. The third-order valence-electron chi connectivity index (χ3n) is 3.71. The number of carbonyl (C=O) groups is 1. The molecular weight excluding hydrogens is 260 g/mol. The highest BCUT2D eigenvalue weighted by molar-refractivity contribution is 6.17. The highest BCUT2D eigenvalue weighted by Gasteiger charge is 2.18. The number of hydrogen-bond acceptors (Lipinski definition) is 2. The number of aromatic amines is 1. The Kier molecular flexibility index (Phi) is 3.29. The number of aryl methyl sites for hydroxylation is 1. The van der Waals surface area contributed by atoms with Crippen molar-refractivity contribution in [1.29, 1.82) is 5.26 Å². The van der Waals surface area contributed by atoms with E-state index in [4.69, 9.17) is 0 Å². The van der Waals surface area contributed by atoms with Crippen molar-refractivity contribution >= 4 is 16.7 Å². The Bertz CT molecular complexity index is 868. The van der Waals surface area contributed by atoms with Crippen LogP contribution in [0.15, 0.2) is 48.7 Å². The highest BCUT2D eigenvalue weighted by Crippen LogP contribution is 2.25. The molecule has 0 radical (unpaired) electrons. The molecule has 0 atom stereocenters. The van der Waals surface area contributed by atoms with Gasteiger partial charge in [0.2, 0.25) is 0 Å². The van der Waals surface area contributed by atoms with Gasteiger partial charge in [-0.3, -0.25) is 4.79 Å². The first-order chi connectivity index (χ1) is 10.3. The lowest BCUT2D eigenvalue weighted by molar-refractivity contribution is 0.103. The minimum atomic E-state index is -0.0404. The van der Waals surface area contributed by atoms with E-state index in [1.807, 2.05) is 43.3 Å². The van der Waals surface area contributed by atoms with Crippen LogP contribution in [0.25, 0.3) is 10.9 Å². The third kappa shape index (κ3) is 2.11. The number of rotatable bonds is 3. The van der Waals surface area contributed by atoms with E-state index in [-0.39, 0.29) is 5.78 Å². The monoisotopic (exact) mass is 274 g/mol. The van der Waals surface area contributed by atoms with Crippen LogP contribution in [0, 0.1) is 11.3 Å². The molecule has 3 nitrogen and oxygen atoms in total. The van der Waals surface area contributed by atoms with Crippen LogP contribution in [0.4, 0.5) is 0 Å². The topological polar surface area (TPSA) is 56.6 Å². The van der Waals surface area contributed by atoms with Crippen LogP contribution in [0.5, 0.6) is 0 Å². The smallest absolute Gasteiger partial charge is 0.195 e. The first-order valence-corrected chi connectivity index (χ1v) is 6.89. The van der Waals surface area contributed by atoms with Gasteiger partial charge in [-0.05, 0) is 24.1 Å². The zero-order valence-corrected chi connectivity index (χ0v) is 11.7. The fourth-order valence-corrected chi connectivity index (χ4v) is 2.65.